The number of ether oxygens (including phenoxy) is 1. The van der Waals surface area contributed by atoms with Gasteiger partial charge in [0.2, 0.25) is 0 Å². The zero-order valence-corrected chi connectivity index (χ0v) is 10.9. The van der Waals surface area contributed by atoms with E-state index in [2.05, 4.69) is 9.72 Å². The number of benzene rings is 1. The van der Waals surface area contributed by atoms with E-state index < -0.39 is 17.0 Å². The molecule has 0 saturated heterocycles. The molecule has 0 aliphatic carbocycles. The molecule has 0 radical (unpaired) electrons. The molecule has 0 bridgehead atoms. The van der Waals surface area contributed by atoms with Crippen molar-refractivity contribution in [1.82, 2.24) is 4.98 Å². The lowest BCUT2D eigenvalue weighted by Gasteiger charge is -2.10. The van der Waals surface area contributed by atoms with Gasteiger partial charge in [0.15, 0.2) is 0 Å². The van der Waals surface area contributed by atoms with E-state index in [4.69, 9.17) is 11.6 Å². The highest BCUT2D eigenvalue weighted by molar-refractivity contribution is 6.29. The van der Waals surface area contributed by atoms with Crippen molar-refractivity contribution in [2.45, 2.75) is 6.36 Å². The zero-order chi connectivity index (χ0) is 15.6. The third-order valence-corrected chi connectivity index (χ3v) is 2.55. The maximum atomic E-state index is 12.2. The van der Waals surface area contributed by atoms with Gasteiger partial charge in [0.25, 0.3) is 5.69 Å². The minimum Gasteiger partial charge on any atom is -0.406 e. The zero-order valence-electron chi connectivity index (χ0n) is 10.1. The number of alkyl halides is 3. The summed E-state index contributed by atoms with van der Waals surface area (Å²) in [6.45, 7) is 0. The van der Waals surface area contributed by atoms with Gasteiger partial charge in [0.1, 0.15) is 10.9 Å². The van der Waals surface area contributed by atoms with Crippen LogP contribution in [0.2, 0.25) is 5.15 Å². The molecule has 2 rings (SSSR count). The molecule has 0 saturated carbocycles. The van der Waals surface area contributed by atoms with Crippen LogP contribution < -0.4 is 4.74 Å². The molecule has 0 amide bonds. The number of hydrogen-bond acceptors (Lipinski definition) is 4. The quantitative estimate of drug-likeness (QED) is 0.483. The molecule has 0 N–H and O–H groups in total. The summed E-state index contributed by atoms with van der Waals surface area (Å²) in [5, 5.41) is 10.6. The molecule has 2 aromatic rings. The lowest BCUT2D eigenvalue weighted by Crippen LogP contribution is -2.17. The molecule has 1 aromatic heterocycles. The second kappa shape index (κ2) is 5.57. The summed E-state index contributed by atoms with van der Waals surface area (Å²) in [7, 11) is 0. The van der Waals surface area contributed by atoms with E-state index in [0.29, 0.717) is 0 Å². The van der Waals surface area contributed by atoms with E-state index in [9.17, 15) is 23.3 Å². The monoisotopic (exact) mass is 318 g/mol. The van der Waals surface area contributed by atoms with E-state index in [0.717, 1.165) is 24.3 Å². The van der Waals surface area contributed by atoms with Gasteiger partial charge in [-0.3, -0.25) is 10.1 Å². The summed E-state index contributed by atoms with van der Waals surface area (Å²) in [5.74, 6) is -0.454. The number of nitrogens with zero attached hydrogens (tertiary/aromatic N) is 2. The first-order chi connectivity index (χ1) is 9.74. The molecular formula is C12H6ClF3N2O3. The van der Waals surface area contributed by atoms with Crippen molar-refractivity contribution in [2.75, 3.05) is 0 Å². The number of halogens is 4. The van der Waals surface area contributed by atoms with Gasteiger partial charge >= 0.3 is 6.36 Å². The lowest BCUT2D eigenvalue weighted by molar-refractivity contribution is -0.384. The smallest absolute Gasteiger partial charge is 0.406 e. The van der Waals surface area contributed by atoms with Crippen LogP contribution in [0.25, 0.3) is 11.3 Å². The molecular weight excluding hydrogens is 313 g/mol. The Morgan fingerprint density at radius 2 is 1.95 bits per heavy atom. The fraction of sp³-hybridized carbons (Fsp3) is 0.0833. The first-order valence-electron chi connectivity index (χ1n) is 5.43. The van der Waals surface area contributed by atoms with Crippen LogP contribution in [-0.4, -0.2) is 16.3 Å². The number of aromatic nitrogens is 1. The van der Waals surface area contributed by atoms with Gasteiger partial charge in [0, 0.05) is 11.6 Å². The fourth-order valence-corrected chi connectivity index (χ4v) is 1.79. The van der Waals surface area contributed by atoms with Gasteiger partial charge < -0.3 is 4.74 Å². The number of rotatable bonds is 3. The molecule has 21 heavy (non-hydrogen) atoms. The van der Waals surface area contributed by atoms with E-state index in [1.54, 1.807) is 0 Å². The van der Waals surface area contributed by atoms with Gasteiger partial charge in [-0.1, -0.05) is 23.7 Å². The van der Waals surface area contributed by atoms with Crippen LogP contribution in [0.4, 0.5) is 18.9 Å². The third kappa shape index (κ3) is 4.06. The van der Waals surface area contributed by atoms with Gasteiger partial charge in [-0.25, -0.2) is 4.98 Å². The van der Waals surface area contributed by atoms with Crippen molar-refractivity contribution in [1.29, 1.82) is 0 Å². The van der Waals surface area contributed by atoms with Crippen molar-refractivity contribution in [3.05, 3.63) is 51.7 Å². The molecule has 0 fully saturated rings. The van der Waals surface area contributed by atoms with E-state index in [-0.39, 0.29) is 22.1 Å². The first-order valence-corrected chi connectivity index (χ1v) is 5.80. The molecule has 0 unspecified atom stereocenters. The molecule has 1 heterocycles. The average Bonchev–Trinajstić information content (AvgIpc) is 2.36. The molecule has 1 aromatic carbocycles. The highest BCUT2D eigenvalue weighted by Crippen LogP contribution is 2.29. The van der Waals surface area contributed by atoms with Crippen LogP contribution in [-0.2, 0) is 0 Å². The molecule has 0 aliphatic rings. The second-order valence-corrected chi connectivity index (χ2v) is 4.25. The Bertz CT molecular complexity index is 692. The van der Waals surface area contributed by atoms with Gasteiger partial charge in [-0.2, -0.15) is 0 Å². The first kappa shape index (κ1) is 15.0. The van der Waals surface area contributed by atoms with Crippen LogP contribution in [0.3, 0.4) is 0 Å². The summed E-state index contributed by atoms with van der Waals surface area (Å²) in [5.41, 5.74) is -0.0312. The van der Waals surface area contributed by atoms with Gasteiger partial charge in [0.05, 0.1) is 16.7 Å². The Morgan fingerprint density at radius 3 is 2.57 bits per heavy atom. The summed E-state index contributed by atoms with van der Waals surface area (Å²) < 4.78 is 40.3. The fourth-order valence-electron chi connectivity index (χ4n) is 1.59. The van der Waals surface area contributed by atoms with Crippen molar-refractivity contribution < 1.29 is 22.8 Å². The predicted molar refractivity (Wildman–Crippen MR) is 68.0 cm³/mol. The Morgan fingerprint density at radius 1 is 1.24 bits per heavy atom. The Kier molecular flexibility index (Phi) is 3.99. The van der Waals surface area contributed by atoms with Crippen molar-refractivity contribution in [2.24, 2.45) is 0 Å². The third-order valence-electron chi connectivity index (χ3n) is 2.35. The Balaban J connectivity index is 2.42. The number of hydrogen-bond donors (Lipinski definition) is 0. The largest absolute Gasteiger partial charge is 0.573 e. The lowest BCUT2D eigenvalue weighted by atomic mass is 10.1. The van der Waals surface area contributed by atoms with E-state index in [1.807, 2.05) is 0 Å². The van der Waals surface area contributed by atoms with Crippen LogP contribution in [0, 0.1) is 10.1 Å². The summed E-state index contributed by atoms with van der Waals surface area (Å²) in [6, 6.07) is 7.07. The normalized spacial score (nSPS) is 11.2. The molecule has 0 atom stereocenters. The standard InChI is InChI=1S/C12H6ClF3N2O3/c13-11-6-8(18(19)20)5-10(17-11)7-2-1-3-9(4-7)21-12(14,15)16/h1-6H. The number of pyridine rings is 1. The number of nitro groups is 1. The minimum atomic E-state index is -4.83. The molecule has 0 spiro atoms. The van der Waals surface area contributed by atoms with Gasteiger partial charge in [-0.05, 0) is 12.1 Å². The van der Waals surface area contributed by atoms with Crippen LogP contribution in [0.1, 0.15) is 0 Å². The van der Waals surface area contributed by atoms with Crippen LogP contribution in [0.5, 0.6) is 5.75 Å². The van der Waals surface area contributed by atoms with Gasteiger partial charge in [-0.15, -0.1) is 13.2 Å². The van der Waals surface area contributed by atoms with Crippen LogP contribution in [0.15, 0.2) is 36.4 Å². The van der Waals surface area contributed by atoms with Crippen molar-refractivity contribution >= 4 is 17.3 Å². The highest BCUT2D eigenvalue weighted by Gasteiger charge is 2.31. The molecule has 110 valence electrons. The highest BCUT2D eigenvalue weighted by atomic mass is 35.5. The van der Waals surface area contributed by atoms with Crippen molar-refractivity contribution in [3.8, 4) is 17.0 Å². The predicted octanol–water partition coefficient (Wildman–Crippen LogP) is 4.21. The molecule has 9 heteroatoms. The van der Waals surface area contributed by atoms with E-state index >= 15 is 0 Å². The topological polar surface area (TPSA) is 65.3 Å². The molecule has 0 aliphatic heterocycles. The maximum absolute atomic E-state index is 12.2. The van der Waals surface area contributed by atoms with E-state index in [1.165, 1.54) is 12.1 Å². The summed E-state index contributed by atoms with van der Waals surface area (Å²) in [6.07, 6.45) is -4.83. The average molecular weight is 319 g/mol. The minimum absolute atomic E-state index is 0.0711. The summed E-state index contributed by atoms with van der Waals surface area (Å²) in [4.78, 5) is 13.9. The summed E-state index contributed by atoms with van der Waals surface area (Å²) >= 11 is 5.66. The Hall–Kier alpha value is -2.35. The van der Waals surface area contributed by atoms with Crippen molar-refractivity contribution in [3.63, 3.8) is 0 Å². The second-order valence-electron chi connectivity index (χ2n) is 3.87. The van der Waals surface area contributed by atoms with Crippen LogP contribution >= 0.6 is 11.6 Å². The SMILES string of the molecule is O=[N+]([O-])c1cc(Cl)nc(-c2cccc(OC(F)(F)F)c2)c1. The maximum Gasteiger partial charge on any atom is 0.573 e. The molecule has 5 nitrogen and oxygen atoms in total. The Labute approximate surface area is 121 Å².